The van der Waals surface area contributed by atoms with Crippen LogP contribution in [-0.2, 0) is 9.59 Å². The average molecular weight is 516 g/mol. The molecule has 2 N–H and O–H groups in total. The van der Waals surface area contributed by atoms with Crippen LogP contribution in [0, 0.1) is 0 Å². The molecule has 3 aromatic rings. The summed E-state index contributed by atoms with van der Waals surface area (Å²) in [7, 11) is 2.94. The molecule has 0 spiro atoms. The van der Waals surface area contributed by atoms with Crippen molar-refractivity contribution in [2.45, 2.75) is 0 Å². The second-order valence-electron chi connectivity index (χ2n) is 6.84. The molecule has 0 radical (unpaired) electrons. The van der Waals surface area contributed by atoms with Gasteiger partial charge in [-0.25, -0.2) is 10.2 Å². The zero-order chi connectivity index (χ0) is 25.4. The van der Waals surface area contributed by atoms with E-state index in [0.29, 0.717) is 26.9 Å². The minimum Gasteiger partial charge on any atom is -0.497 e. The molecule has 3 rings (SSSR count). The summed E-state index contributed by atoms with van der Waals surface area (Å²) in [4.78, 5) is 36.4. The molecule has 0 unspecified atom stereocenters. The molecule has 0 aliphatic carbocycles. The van der Waals surface area contributed by atoms with Gasteiger partial charge in [0.05, 0.1) is 26.0 Å². The number of carbonyl (C=O) groups excluding carboxylic acids is 3. The molecule has 9 nitrogen and oxygen atoms in total. The maximum atomic E-state index is 12.4. The van der Waals surface area contributed by atoms with Crippen LogP contribution in [0.15, 0.2) is 65.8 Å². The van der Waals surface area contributed by atoms with Crippen molar-refractivity contribution in [2.75, 3.05) is 19.5 Å². The molecule has 11 heteroatoms. The maximum Gasteiger partial charge on any atom is 0.343 e. The molecule has 3 aromatic carbocycles. The van der Waals surface area contributed by atoms with Gasteiger partial charge in [0.1, 0.15) is 5.75 Å². The van der Waals surface area contributed by atoms with Crippen LogP contribution in [0.3, 0.4) is 0 Å². The number of nitrogens with one attached hydrogen (secondary N) is 2. The highest BCUT2D eigenvalue weighted by Gasteiger charge is 2.15. The lowest BCUT2D eigenvalue weighted by molar-refractivity contribution is -0.136. The molecular weight excluding hydrogens is 497 g/mol. The lowest BCUT2D eigenvalue weighted by Crippen LogP contribution is -2.32. The van der Waals surface area contributed by atoms with Gasteiger partial charge < -0.3 is 19.5 Å². The van der Waals surface area contributed by atoms with E-state index in [1.165, 1.54) is 44.7 Å². The standard InChI is InChI=1S/C24H19Cl2N3O6/c1-33-19-6-4-15(5-7-19)24(32)35-20-8-3-14(9-21(20)34-2)13-27-29-23(31)22(30)28-18-11-16(25)10-17(26)12-18/h3-13H,1-2H3,(H,28,30)(H,29,31)/b27-13+. The number of esters is 1. The Labute approximate surface area is 210 Å². The number of anilines is 1. The molecule has 0 bridgehead atoms. The highest BCUT2D eigenvalue weighted by molar-refractivity contribution is 6.40. The number of hydrogen-bond acceptors (Lipinski definition) is 7. The average Bonchev–Trinajstić information content (AvgIpc) is 2.84. The van der Waals surface area contributed by atoms with Crippen molar-refractivity contribution >= 4 is 52.9 Å². The van der Waals surface area contributed by atoms with Crippen LogP contribution >= 0.6 is 23.2 Å². The van der Waals surface area contributed by atoms with Gasteiger partial charge in [0.25, 0.3) is 0 Å². The van der Waals surface area contributed by atoms with E-state index >= 15 is 0 Å². The Balaban J connectivity index is 1.60. The molecule has 0 saturated heterocycles. The third-order valence-corrected chi connectivity index (χ3v) is 4.86. The zero-order valence-corrected chi connectivity index (χ0v) is 20.0. The SMILES string of the molecule is COc1ccc(C(=O)Oc2ccc(/C=N/NC(=O)C(=O)Nc3cc(Cl)cc(Cl)c3)cc2OC)cc1. The number of rotatable bonds is 7. The molecule has 180 valence electrons. The van der Waals surface area contributed by atoms with Gasteiger partial charge in [0.15, 0.2) is 11.5 Å². The minimum absolute atomic E-state index is 0.189. The number of nitrogens with zero attached hydrogens (tertiary/aromatic N) is 1. The predicted octanol–water partition coefficient (Wildman–Crippen LogP) is 4.32. The molecule has 0 aliphatic heterocycles. The topological polar surface area (TPSA) is 115 Å². The number of hydrazone groups is 1. The lowest BCUT2D eigenvalue weighted by atomic mass is 10.2. The Kier molecular flexibility index (Phi) is 8.66. The van der Waals surface area contributed by atoms with Gasteiger partial charge in [-0.05, 0) is 66.2 Å². The summed E-state index contributed by atoms with van der Waals surface area (Å²) in [6.07, 6.45) is 1.29. The van der Waals surface area contributed by atoms with Gasteiger partial charge in [-0.15, -0.1) is 0 Å². The fraction of sp³-hybridized carbons (Fsp3) is 0.0833. The van der Waals surface area contributed by atoms with Crippen LogP contribution in [0.2, 0.25) is 10.0 Å². The second-order valence-corrected chi connectivity index (χ2v) is 7.71. The quantitative estimate of drug-likeness (QED) is 0.159. The number of methoxy groups -OCH3 is 2. The lowest BCUT2D eigenvalue weighted by Gasteiger charge is -2.10. The number of carbonyl (C=O) groups is 3. The highest BCUT2D eigenvalue weighted by Crippen LogP contribution is 2.28. The summed E-state index contributed by atoms with van der Waals surface area (Å²) in [5, 5.41) is 6.73. The van der Waals surface area contributed by atoms with Crippen molar-refractivity contribution in [3.8, 4) is 17.2 Å². The molecule has 0 heterocycles. The van der Waals surface area contributed by atoms with Gasteiger partial charge in [-0.1, -0.05) is 23.2 Å². The van der Waals surface area contributed by atoms with E-state index < -0.39 is 17.8 Å². The van der Waals surface area contributed by atoms with Crippen molar-refractivity contribution < 1.29 is 28.6 Å². The van der Waals surface area contributed by atoms with E-state index in [2.05, 4.69) is 15.8 Å². The van der Waals surface area contributed by atoms with Crippen molar-refractivity contribution in [3.63, 3.8) is 0 Å². The fourth-order valence-corrected chi connectivity index (χ4v) is 3.29. The first kappa shape index (κ1) is 25.5. The van der Waals surface area contributed by atoms with Crippen molar-refractivity contribution in [3.05, 3.63) is 81.8 Å². The molecule has 0 aliphatic rings. The summed E-state index contributed by atoms with van der Waals surface area (Å²) in [5.74, 6) is -1.48. The van der Waals surface area contributed by atoms with Gasteiger partial charge in [0, 0.05) is 15.7 Å². The third kappa shape index (κ3) is 7.20. The smallest absolute Gasteiger partial charge is 0.343 e. The predicted molar refractivity (Wildman–Crippen MR) is 132 cm³/mol. The summed E-state index contributed by atoms with van der Waals surface area (Å²) in [5.41, 5.74) is 3.21. The minimum atomic E-state index is -1.01. The molecule has 0 fully saturated rings. The largest absolute Gasteiger partial charge is 0.497 e. The maximum absolute atomic E-state index is 12.4. The Morgan fingerprint density at radius 2 is 1.51 bits per heavy atom. The first-order valence-electron chi connectivity index (χ1n) is 9.94. The van der Waals surface area contributed by atoms with Crippen LogP contribution in [0.1, 0.15) is 15.9 Å². The van der Waals surface area contributed by atoms with Gasteiger partial charge >= 0.3 is 17.8 Å². The molecule has 0 saturated carbocycles. The molecule has 0 aromatic heterocycles. The normalized spacial score (nSPS) is 10.5. The summed E-state index contributed by atoms with van der Waals surface area (Å²) in [6, 6.07) is 15.5. The second kappa shape index (κ2) is 11.9. The first-order chi connectivity index (χ1) is 16.8. The Morgan fingerprint density at radius 1 is 0.829 bits per heavy atom. The molecule has 2 amide bonds. The Hall–Kier alpha value is -4.08. The van der Waals surface area contributed by atoms with Crippen LogP contribution in [-0.4, -0.2) is 38.2 Å². The van der Waals surface area contributed by atoms with Gasteiger partial charge in [-0.2, -0.15) is 5.10 Å². The van der Waals surface area contributed by atoms with Crippen LogP contribution in [0.25, 0.3) is 0 Å². The van der Waals surface area contributed by atoms with Crippen LogP contribution in [0.5, 0.6) is 17.2 Å². The van der Waals surface area contributed by atoms with Crippen molar-refractivity contribution in [1.29, 1.82) is 0 Å². The molecular formula is C24H19Cl2N3O6. The van der Waals surface area contributed by atoms with E-state index in [4.69, 9.17) is 37.4 Å². The number of hydrogen-bond donors (Lipinski definition) is 2. The Morgan fingerprint density at radius 3 is 2.14 bits per heavy atom. The molecule has 0 atom stereocenters. The Bertz CT molecular complexity index is 1260. The third-order valence-electron chi connectivity index (χ3n) is 4.42. The van der Waals surface area contributed by atoms with E-state index in [-0.39, 0.29) is 17.2 Å². The van der Waals surface area contributed by atoms with E-state index in [1.54, 1.807) is 36.4 Å². The highest BCUT2D eigenvalue weighted by atomic mass is 35.5. The summed E-state index contributed by atoms with van der Waals surface area (Å²) >= 11 is 11.7. The first-order valence-corrected chi connectivity index (χ1v) is 10.7. The van der Waals surface area contributed by atoms with Crippen molar-refractivity contribution in [1.82, 2.24) is 5.43 Å². The summed E-state index contributed by atoms with van der Waals surface area (Å²) in [6.45, 7) is 0. The van der Waals surface area contributed by atoms with E-state index in [0.717, 1.165) is 0 Å². The van der Waals surface area contributed by atoms with Crippen LogP contribution < -0.4 is 25.0 Å². The monoisotopic (exact) mass is 515 g/mol. The number of benzene rings is 3. The number of ether oxygens (including phenoxy) is 3. The van der Waals surface area contributed by atoms with Gasteiger partial charge in [-0.3, -0.25) is 9.59 Å². The number of halogens is 2. The van der Waals surface area contributed by atoms with Crippen molar-refractivity contribution in [2.24, 2.45) is 5.10 Å². The van der Waals surface area contributed by atoms with Crippen LogP contribution in [0.4, 0.5) is 5.69 Å². The number of amides is 2. The fourth-order valence-electron chi connectivity index (χ4n) is 2.76. The van der Waals surface area contributed by atoms with E-state index in [1.807, 2.05) is 0 Å². The van der Waals surface area contributed by atoms with E-state index in [9.17, 15) is 14.4 Å². The zero-order valence-electron chi connectivity index (χ0n) is 18.5. The van der Waals surface area contributed by atoms with Gasteiger partial charge in [0.2, 0.25) is 0 Å². The molecule has 35 heavy (non-hydrogen) atoms. The summed E-state index contributed by atoms with van der Waals surface area (Å²) < 4.78 is 15.8.